The molecule has 5 nitrogen and oxygen atoms in total. The normalized spacial score (nSPS) is 11.7. The standard InChI is InChI=1S/C18H26FN5/c1-6-20-18(21-10-15-7-8-17(19)12(2)9-15)22-11-16-13(3)23-24(5)14(16)4/h7-9H,6,10-11H2,1-5H3,(H2,20,21,22). The third-order valence-electron chi connectivity index (χ3n) is 4.08. The number of hydrogen-bond acceptors (Lipinski definition) is 2. The predicted molar refractivity (Wildman–Crippen MR) is 95.5 cm³/mol. The molecule has 0 aliphatic heterocycles. The molecule has 2 rings (SSSR count). The summed E-state index contributed by atoms with van der Waals surface area (Å²) in [4.78, 5) is 4.58. The van der Waals surface area contributed by atoms with Crippen molar-refractivity contribution in [3.05, 3.63) is 52.1 Å². The van der Waals surface area contributed by atoms with Gasteiger partial charge in [-0.05, 0) is 44.9 Å². The van der Waals surface area contributed by atoms with Gasteiger partial charge in [0, 0.05) is 31.4 Å². The molecule has 0 bridgehead atoms. The zero-order chi connectivity index (χ0) is 17.7. The van der Waals surface area contributed by atoms with Gasteiger partial charge >= 0.3 is 0 Å². The first kappa shape index (κ1) is 18.0. The summed E-state index contributed by atoms with van der Waals surface area (Å²) in [6.45, 7) is 9.80. The van der Waals surface area contributed by atoms with Gasteiger partial charge in [0.25, 0.3) is 0 Å². The van der Waals surface area contributed by atoms with Crippen LogP contribution in [0.1, 0.15) is 35.0 Å². The van der Waals surface area contributed by atoms with Crippen LogP contribution in [0.15, 0.2) is 23.2 Å². The van der Waals surface area contributed by atoms with E-state index in [0.717, 1.165) is 29.5 Å². The molecule has 0 saturated heterocycles. The second kappa shape index (κ2) is 7.95. The highest BCUT2D eigenvalue weighted by atomic mass is 19.1. The van der Waals surface area contributed by atoms with Gasteiger partial charge in [0.05, 0.1) is 12.2 Å². The SMILES string of the molecule is CCNC(=NCc1ccc(F)c(C)c1)NCc1c(C)nn(C)c1C. The summed E-state index contributed by atoms with van der Waals surface area (Å²) in [7, 11) is 1.95. The van der Waals surface area contributed by atoms with Crippen LogP contribution in [0.2, 0.25) is 0 Å². The van der Waals surface area contributed by atoms with Crippen LogP contribution in [0.4, 0.5) is 4.39 Å². The Bertz CT molecular complexity index is 733. The van der Waals surface area contributed by atoms with E-state index in [9.17, 15) is 4.39 Å². The lowest BCUT2D eigenvalue weighted by atomic mass is 10.1. The molecule has 0 spiro atoms. The number of rotatable bonds is 5. The number of aliphatic imine (C=N–C) groups is 1. The van der Waals surface area contributed by atoms with Gasteiger partial charge in [-0.3, -0.25) is 4.68 Å². The highest BCUT2D eigenvalue weighted by Crippen LogP contribution is 2.12. The van der Waals surface area contributed by atoms with Crippen LogP contribution in [-0.2, 0) is 20.1 Å². The largest absolute Gasteiger partial charge is 0.357 e. The molecule has 0 aliphatic carbocycles. The van der Waals surface area contributed by atoms with E-state index in [2.05, 4.69) is 27.6 Å². The summed E-state index contributed by atoms with van der Waals surface area (Å²) in [6, 6.07) is 5.09. The Hall–Kier alpha value is -2.37. The third kappa shape index (κ3) is 4.34. The van der Waals surface area contributed by atoms with Crippen molar-refractivity contribution in [2.75, 3.05) is 6.54 Å². The molecule has 6 heteroatoms. The maximum Gasteiger partial charge on any atom is 0.191 e. The van der Waals surface area contributed by atoms with Gasteiger partial charge in [0.2, 0.25) is 0 Å². The average Bonchev–Trinajstić information content (AvgIpc) is 2.78. The van der Waals surface area contributed by atoms with E-state index < -0.39 is 0 Å². The maximum absolute atomic E-state index is 13.3. The molecule has 0 amide bonds. The quantitative estimate of drug-likeness (QED) is 0.654. The van der Waals surface area contributed by atoms with Crippen molar-refractivity contribution in [3.8, 4) is 0 Å². The van der Waals surface area contributed by atoms with Gasteiger partial charge in [0.15, 0.2) is 5.96 Å². The van der Waals surface area contributed by atoms with E-state index in [1.807, 2.05) is 31.6 Å². The van der Waals surface area contributed by atoms with Gasteiger partial charge in [0.1, 0.15) is 5.82 Å². The van der Waals surface area contributed by atoms with Crippen LogP contribution < -0.4 is 10.6 Å². The minimum atomic E-state index is -0.185. The Morgan fingerprint density at radius 2 is 2.00 bits per heavy atom. The van der Waals surface area contributed by atoms with E-state index in [1.54, 1.807) is 13.0 Å². The molecule has 2 N–H and O–H groups in total. The van der Waals surface area contributed by atoms with Crippen LogP contribution in [-0.4, -0.2) is 22.3 Å². The number of guanidine groups is 1. The van der Waals surface area contributed by atoms with Crippen LogP contribution >= 0.6 is 0 Å². The van der Waals surface area contributed by atoms with Crippen LogP contribution in [0.3, 0.4) is 0 Å². The van der Waals surface area contributed by atoms with E-state index >= 15 is 0 Å². The van der Waals surface area contributed by atoms with Gasteiger partial charge in [-0.15, -0.1) is 0 Å². The number of aryl methyl sites for hydroxylation is 3. The predicted octanol–water partition coefficient (Wildman–Crippen LogP) is 2.74. The molecule has 0 radical (unpaired) electrons. The Morgan fingerprint density at radius 1 is 1.25 bits per heavy atom. The van der Waals surface area contributed by atoms with Gasteiger partial charge < -0.3 is 10.6 Å². The maximum atomic E-state index is 13.3. The molecule has 130 valence electrons. The lowest BCUT2D eigenvalue weighted by Crippen LogP contribution is -2.37. The number of nitrogens with zero attached hydrogens (tertiary/aromatic N) is 3. The summed E-state index contributed by atoms with van der Waals surface area (Å²) in [5.41, 5.74) is 4.97. The van der Waals surface area contributed by atoms with Crippen molar-refractivity contribution in [2.24, 2.45) is 12.0 Å². The molecule has 2 aromatic rings. The van der Waals surface area contributed by atoms with Crippen molar-refractivity contribution in [1.29, 1.82) is 0 Å². The van der Waals surface area contributed by atoms with Crippen molar-refractivity contribution < 1.29 is 4.39 Å². The van der Waals surface area contributed by atoms with Crippen molar-refractivity contribution in [2.45, 2.75) is 40.8 Å². The van der Waals surface area contributed by atoms with Crippen molar-refractivity contribution in [1.82, 2.24) is 20.4 Å². The molecule has 0 fully saturated rings. The first-order valence-corrected chi connectivity index (χ1v) is 8.18. The van der Waals surface area contributed by atoms with Gasteiger partial charge in [-0.1, -0.05) is 12.1 Å². The fraction of sp³-hybridized carbons (Fsp3) is 0.444. The summed E-state index contributed by atoms with van der Waals surface area (Å²) in [6.07, 6.45) is 0. The molecular formula is C18H26FN5. The highest BCUT2D eigenvalue weighted by Gasteiger charge is 2.09. The van der Waals surface area contributed by atoms with E-state index in [4.69, 9.17) is 0 Å². The van der Waals surface area contributed by atoms with Crippen LogP contribution in [0.5, 0.6) is 0 Å². The Labute approximate surface area is 143 Å². The Kier molecular flexibility index (Phi) is 5.95. The monoisotopic (exact) mass is 331 g/mol. The molecule has 0 atom stereocenters. The van der Waals surface area contributed by atoms with Crippen molar-refractivity contribution >= 4 is 5.96 Å². The lowest BCUT2D eigenvalue weighted by molar-refractivity contribution is 0.617. The van der Waals surface area contributed by atoms with Crippen LogP contribution in [0, 0.1) is 26.6 Å². The zero-order valence-corrected chi connectivity index (χ0v) is 15.1. The van der Waals surface area contributed by atoms with Gasteiger partial charge in [-0.25, -0.2) is 9.38 Å². The molecule has 1 aromatic carbocycles. The van der Waals surface area contributed by atoms with E-state index in [-0.39, 0.29) is 5.82 Å². The van der Waals surface area contributed by atoms with Crippen LogP contribution in [0.25, 0.3) is 0 Å². The number of hydrogen-bond donors (Lipinski definition) is 2. The highest BCUT2D eigenvalue weighted by molar-refractivity contribution is 5.79. The number of aromatic nitrogens is 2. The Morgan fingerprint density at radius 3 is 2.58 bits per heavy atom. The molecule has 0 saturated carbocycles. The second-order valence-corrected chi connectivity index (χ2v) is 5.91. The lowest BCUT2D eigenvalue weighted by Gasteiger charge is -2.12. The number of halogens is 1. The molecule has 1 heterocycles. The molecule has 24 heavy (non-hydrogen) atoms. The molecule has 1 aromatic heterocycles. The third-order valence-corrected chi connectivity index (χ3v) is 4.08. The zero-order valence-electron chi connectivity index (χ0n) is 15.1. The Balaban J connectivity index is 2.06. The van der Waals surface area contributed by atoms with Gasteiger partial charge in [-0.2, -0.15) is 5.10 Å². The summed E-state index contributed by atoms with van der Waals surface area (Å²) in [5.74, 6) is 0.553. The second-order valence-electron chi connectivity index (χ2n) is 5.91. The smallest absolute Gasteiger partial charge is 0.191 e. The molecule has 0 unspecified atom stereocenters. The minimum Gasteiger partial charge on any atom is -0.357 e. The van der Waals surface area contributed by atoms with E-state index in [1.165, 1.54) is 11.6 Å². The summed E-state index contributed by atoms with van der Waals surface area (Å²) >= 11 is 0. The molecule has 0 aliphatic rings. The molecular weight excluding hydrogens is 305 g/mol. The van der Waals surface area contributed by atoms with Crippen molar-refractivity contribution in [3.63, 3.8) is 0 Å². The first-order valence-electron chi connectivity index (χ1n) is 8.18. The summed E-state index contributed by atoms with van der Waals surface area (Å²) < 4.78 is 15.2. The number of benzene rings is 1. The first-order chi connectivity index (χ1) is 11.4. The topological polar surface area (TPSA) is 54.2 Å². The average molecular weight is 331 g/mol. The number of nitrogens with one attached hydrogen (secondary N) is 2. The van der Waals surface area contributed by atoms with E-state index in [0.29, 0.717) is 18.7 Å². The fourth-order valence-electron chi connectivity index (χ4n) is 2.56. The fourth-order valence-corrected chi connectivity index (χ4v) is 2.56. The minimum absolute atomic E-state index is 0.185. The summed E-state index contributed by atoms with van der Waals surface area (Å²) in [5, 5.41) is 11.0.